The number of allylic oxidation sites excluding steroid dienone is 2. The standard InChI is InChI=1S/C23H28ClN3O2/c24-18-4-3-5-19(15-18)26-12-10-25(11-13-26)8-1-2-9-27-22(28)20-16-6-7-17(14-16)21(20)23(27)29/h3-7,15-17,20-21H,1-2,8-14H2/t16-,17+,20-,21+. The third-order valence-electron chi connectivity index (χ3n) is 7.21. The quantitative estimate of drug-likeness (QED) is 0.408. The number of imide groups is 1. The zero-order valence-corrected chi connectivity index (χ0v) is 17.4. The number of likely N-dealkylation sites (tertiary alicyclic amines) is 1. The molecule has 4 atom stereocenters. The van der Waals surface area contributed by atoms with Gasteiger partial charge in [-0.05, 0) is 55.8 Å². The molecule has 1 aromatic carbocycles. The molecule has 2 heterocycles. The zero-order chi connectivity index (χ0) is 20.0. The number of piperazine rings is 1. The molecule has 154 valence electrons. The summed E-state index contributed by atoms with van der Waals surface area (Å²) in [4.78, 5) is 31.9. The summed E-state index contributed by atoms with van der Waals surface area (Å²) in [6, 6.07) is 8.05. The molecule has 2 aliphatic carbocycles. The number of carbonyl (C=O) groups is 2. The van der Waals surface area contributed by atoms with Gasteiger partial charge in [0.2, 0.25) is 11.8 Å². The van der Waals surface area contributed by atoms with Gasteiger partial charge in [0.05, 0.1) is 11.8 Å². The van der Waals surface area contributed by atoms with Crippen LogP contribution < -0.4 is 4.90 Å². The molecule has 1 aromatic rings. The molecule has 3 fully saturated rings. The van der Waals surface area contributed by atoms with Crippen molar-refractivity contribution in [2.24, 2.45) is 23.7 Å². The third-order valence-corrected chi connectivity index (χ3v) is 7.45. The maximum absolute atomic E-state index is 12.7. The average molecular weight is 414 g/mol. The Morgan fingerprint density at radius 3 is 2.21 bits per heavy atom. The Bertz CT molecular complexity index is 803. The van der Waals surface area contributed by atoms with E-state index < -0.39 is 0 Å². The lowest BCUT2D eigenvalue weighted by atomic mass is 9.85. The Labute approximate surface area is 177 Å². The normalized spacial score (nSPS) is 31.2. The van der Waals surface area contributed by atoms with E-state index in [4.69, 9.17) is 11.6 Å². The van der Waals surface area contributed by atoms with Crippen LogP contribution in [0.2, 0.25) is 5.02 Å². The Hall–Kier alpha value is -1.85. The van der Waals surface area contributed by atoms with Crippen LogP contribution in [0.15, 0.2) is 36.4 Å². The highest BCUT2D eigenvalue weighted by molar-refractivity contribution is 6.30. The molecule has 5 rings (SSSR count). The smallest absolute Gasteiger partial charge is 0.233 e. The van der Waals surface area contributed by atoms with Gasteiger partial charge in [0.1, 0.15) is 0 Å². The molecule has 1 saturated carbocycles. The molecule has 2 amide bonds. The molecular formula is C23H28ClN3O2. The number of halogens is 1. The summed E-state index contributed by atoms with van der Waals surface area (Å²) in [7, 11) is 0. The Kier molecular flexibility index (Phi) is 5.12. The zero-order valence-electron chi connectivity index (χ0n) is 16.7. The molecular weight excluding hydrogens is 386 g/mol. The van der Waals surface area contributed by atoms with E-state index in [1.54, 1.807) is 4.90 Å². The van der Waals surface area contributed by atoms with Crippen LogP contribution in [-0.4, -0.2) is 60.9 Å². The molecule has 29 heavy (non-hydrogen) atoms. The van der Waals surface area contributed by atoms with Gasteiger partial charge in [0, 0.05) is 43.4 Å². The maximum Gasteiger partial charge on any atom is 0.233 e. The van der Waals surface area contributed by atoms with E-state index >= 15 is 0 Å². The number of carbonyl (C=O) groups excluding carboxylic acids is 2. The number of unbranched alkanes of at least 4 members (excludes halogenated alkanes) is 1. The number of benzene rings is 1. The van der Waals surface area contributed by atoms with E-state index in [1.165, 1.54) is 5.69 Å². The van der Waals surface area contributed by atoms with Crippen LogP contribution in [-0.2, 0) is 9.59 Å². The van der Waals surface area contributed by atoms with Crippen molar-refractivity contribution < 1.29 is 9.59 Å². The van der Waals surface area contributed by atoms with Crippen molar-refractivity contribution in [2.45, 2.75) is 19.3 Å². The van der Waals surface area contributed by atoms with E-state index in [0.717, 1.165) is 57.0 Å². The van der Waals surface area contributed by atoms with E-state index in [2.05, 4.69) is 28.0 Å². The van der Waals surface area contributed by atoms with Crippen LogP contribution in [0.25, 0.3) is 0 Å². The van der Waals surface area contributed by atoms with Crippen LogP contribution in [0.1, 0.15) is 19.3 Å². The highest BCUT2D eigenvalue weighted by Crippen LogP contribution is 2.52. The number of hydrogen-bond acceptors (Lipinski definition) is 4. The molecule has 4 aliphatic rings. The van der Waals surface area contributed by atoms with Crippen LogP contribution in [0.5, 0.6) is 0 Å². The van der Waals surface area contributed by atoms with Crippen molar-refractivity contribution >= 4 is 29.1 Å². The van der Waals surface area contributed by atoms with Crippen molar-refractivity contribution in [1.82, 2.24) is 9.80 Å². The number of nitrogens with zero attached hydrogens (tertiary/aromatic N) is 3. The summed E-state index contributed by atoms with van der Waals surface area (Å²) in [5.74, 6) is 0.678. The Balaban J connectivity index is 1.05. The van der Waals surface area contributed by atoms with Gasteiger partial charge in [-0.2, -0.15) is 0 Å². The fraction of sp³-hybridized carbons (Fsp3) is 0.565. The Morgan fingerprint density at radius 1 is 0.897 bits per heavy atom. The minimum Gasteiger partial charge on any atom is -0.369 e. The lowest BCUT2D eigenvalue weighted by Crippen LogP contribution is -2.46. The van der Waals surface area contributed by atoms with Gasteiger partial charge in [-0.3, -0.25) is 19.4 Å². The molecule has 0 spiro atoms. The summed E-state index contributed by atoms with van der Waals surface area (Å²) in [5, 5.41) is 0.781. The first kappa shape index (κ1) is 19.1. The molecule has 2 aliphatic heterocycles. The number of hydrogen-bond donors (Lipinski definition) is 0. The molecule has 0 unspecified atom stereocenters. The van der Waals surface area contributed by atoms with Gasteiger partial charge in [0.25, 0.3) is 0 Å². The van der Waals surface area contributed by atoms with Crippen LogP contribution in [0.4, 0.5) is 5.69 Å². The average Bonchev–Trinajstić information content (AvgIpc) is 3.41. The van der Waals surface area contributed by atoms with Crippen molar-refractivity contribution in [1.29, 1.82) is 0 Å². The summed E-state index contributed by atoms with van der Waals surface area (Å²) in [5.41, 5.74) is 1.19. The second-order valence-corrected chi connectivity index (χ2v) is 9.28. The predicted molar refractivity (Wildman–Crippen MR) is 114 cm³/mol. The van der Waals surface area contributed by atoms with Crippen molar-refractivity contribution in [3.05, 3.63) is 41.4 Å². The lowest BCUT2D eigenvalue weighted by molar-refractivity contribution is -0.140. The summed E-state index contributed by atoms with van der Waals surface area (Å²) in [6.45, 7) is 5.69. The minimum atomic E-state index is -0.0583. The molecule has 2 saturated heterocycles. The molecule has 5 nitrogen and oxygen atoms in total. The molecule has 0 radical (unpaired) electrons. The van der Waals surface area contributed by atoms with Gasteiger partial charge in [0.15, 0.2) is 0 Å². The van der Waals surface area contributed by atoms with Gasteiger partial charge < -0.3 is 4.90 Å². The minimum absolute atomic E-state index is 0.0583. The second kappa shape index (κ2) is 7.77. The summed E-state index contributed by atoms with van der Waals surface area (Å²) >= 11 is 6.11. The second-order valence-electron chi connectivity index (χ2n) is 8.84. The number of anilines is 1. The molecule has 2 bridgehead atoms. The lowest BCUT2D eigenvalue weighted by Gasteiger charge is -2.36. The van der Waals surface area contributed by atoms with Gasteiger partial charge >= 0.3 is 0 Å². The van der Waals surface area contributed by atoms with Crippen molar-refractivity contribution in [3.8, 4) is 0 Å². The number of amides is 2. The largest absolute Gasteiger partial charge is 0.369 e. The fourth-order valence-corrected chi connectivity index (χ4v) is 5.88. The SMILES string of the molecule is O=C1[C@@H]2[C@H](C(=O)N1CCCCN1CCN(c3cccc(Cl)c3)CC1)[C@@H]1C=C[C@H]2C1. The molecule has 0 N–H and O–H groups in total. The third kappa shape index (κ3) is 3.49. The molecule has 0 aromatic heterocycles. The highest BCUT2D eigenvalue weighted by Gasteiger charge is 2.58. The van der Waals surface area contributed by atoms with E-state index in [9.17, 15) is 9.59 Å². The monoisotopic (exact) mass is 413 g/mol. The highest BCUT2D eigenvalue weighted by atomic mass is 35.5. The van der Waals surface area contributed by atoms with Crippen LogP contribution in [0, 0.1) is 23.7 Å². The fourth-order valence-electron chi connectivity index (χ4n) is 5.69. The number of rotatable bonds is 6. The van der Waals surface area contributed by atoms with Gasteiger partial charge in [-0.25, -0.2) is 0 Å². The van der Waals surface area contributed by atoms with E-state index in [-0.39, 0.29) is 23.7 Å². The van der Waals surface area contributed by atoms with Crippen LogP contribution >= 0.6 is 11.6 Å². The maximum atomic E-state index is 12.7. The Morgan fingerprint density at radius 2 is 1.55 bits per heavy atom. The van der Waals surface area contributed by atoms with E-state index in [1.807, 2.05) is 18.2 Å². The van der Waals surface area contributed by atoms with E-state index in [0.29, 0.717) is 18.4 Å². The van der Waals surface area contributed by atoms with Crippen LogP contribution in [0.3, 0.4) is 0 Å². The first-order valence-electron chi connectivity index (χ1n) is 10.9. The topological polar surface area (TPSA) is 43.9 Å². The first-order chi connectivity index (χ1) is 14.1. The first-order valence-corrected chi connectivity index (χ1v) is 11.3. The van der Waals surface area contributed by atoms with Crippen molar-refractivity contribution in [2.75, 3.05) is 44.2 Å². The van der Waals surface area contributed by atoms with Gasteiger partial charge in [-0.15, -0.1) is 0 Å². The summed E-state index contributed by atoms with van der Waals surface area (Å²) in [6.07, 6.45) is 7.23. The number of fused-ring (bicyclic) bond motifs is 5. The van der Waals surface area contributed by atoms with Gasteiger partial charge in [-0.1, -0.05) is 29.8 Å². The summed E-state index contributed by atoms with van der Waals surface area (Å²) < 4.78 is 0. The van der Waals surface area contributed by atoms with Crippen molar-refractivity contribution in [3.63, 3.8) is 0 Å². The molecule has 6 heteroatoms. The predicted octanol–water partition coefficient (Wildman–Crippen LogP) is 3.05.